The molecule has 0 amide bonds. The summed E-state index contributed by atoms with van der Waals surface area (Å²) >= 11 is 2.96. The van der Waals surface area contributed by atoms with Crippen LogP contribution in [0.5, 0.6) is 11.5 Å². The Kier molecular flexibility index (Phi) is 12.1. The number of fused-ring (bicyclic) bond motifs is 2. The molecule has 0 fully saturated rings. The number of hydrogen-bond donors (Lipinski definition) is 2. The highest BCUT2D eigenvalue weighted by molar-refractivity contribution is 7.08. The Morgan fingerprint density at radius 1 is 0.780 bits per heavy atom. The van der Waals surface area contributed by atoms with Crippen LogP contribution < -0.4 is 15.9 Å². The van der Waals surface area contributed by atoms with Gasteiger partial charge >= 0.3 is 0 Å². The van der Waals surface area contributed by atoms with Gasteiger partial charge in [-0.05, 0) is 36.4 Å². The van der Waals surface area contributed by atoms with Gasteiger partial charge in [0.1, 0.15) is 35.6 Å². The number of aromatic amines is 1. The van der Waals surface area contributed by atoms with E-state index in [2.05, 4.69) is 64.2 Å². The predicted octanol–water partition coefficient (Wildman–Crippen LogP) is 7.28. The minimum Gasteiger partial charge on any atom is -0.506 e. The molecule has 2 aromatic carbocycles. The Bertz CT molecular complexity index is 2140. The molecule has 4 aromatic heterocycles. The normalized spacial score (nSPS) is 11.9. The molecule has 0 spiro atoms. The number of aromatic nitrogens is 6. The van der Waals surface area contributed by atoms with Gasteiger partial charge in [-0.1, -0.05) is 39.3 Å². The lowest BCUT2D eigenvalue weighted by Crippen LogP contribution is -2.25. The molecule has 50 heavy (non-hydrogen) atoms. The smallest absolute Gasteiger partial charge is 0.263 e. The molecule has 6 aromatic rings. The van der Waals surface area contributed by atoms with Crippen molar-refractivity contribution in [2.24, 2.45) is 0 Å². The van der Waals surface area contributed by atoms with E-state index in [4.69, 9.17) is 14.2 Å². The zero-order valence-electron chi connectivity index (χ0n) is 29.1. The molecular formula is C34H42N6O6S2Si2. The molecule has 0 saturated carbocycles. The third kappa shape index (κ3) is 10.0. The minimum absolute atomic E-state index is 0.0170. The number of thiazole rings is 2. The van der Waals surface area contributed by atoms with E-state index >= 15 is 0 Å². The second-order valence-corrected chi connectivity index (χ2v) is 26.8. The van der Waals surface area contributed by atoms with Gasteiger partial charge in [-0.3, -0.25) is 14.2 Å². The number of phenolic OH excluding ortho intramolecular Hbond substituents is 1. The molecule has 2 N–H and O–H groups in total. The number of rotatable bonds is 13. The first-order valence-electron chi connectivity index (χ1n) is 16.1. The second-order valence-electron chi connectivity index (χ2n) is 14.1. The quantitative estimate of drug-likeness (QED) is 0.0700. The maximum Gasteiger partial charge on any atom is 0.263 e. The van der Waals surface area contributed by atoms with E-state index in [1.807, 2.05) is 22.9 Å². The number of H-pyrrole nitrogens is 1. The van der Waals surface area contributed by atoms with Crippen LogP contribution >= 0.6 is 22.7 Å². The van der Waals surface area contributed by atoms with Gasteiger partial charge < -0.3 is 24.3 Å². The molecule has 0 saturated heterocycles. The molecule has 0 atom stereocenters. The van der Waals surface area contributed by atoms with Crippen LogP contribution in [0.15, 0.2) is 68.3 Å². The summed E-state index contributed by atoms with van der Waals surface area (Å²) in [5.74, 6) is 0.504. The fraction of sp³-hybridized carbons (Fsp3) is 0.353. The van der Waals surface area contributed by atoms with E-state index in [1.54, 1.807) is 23.2 Å². The molecule has 0 radical (unpaired) electrons. The average Bonchev–Trinajstić information content (AvgIpc) is 3.79. The molecule has 0 aliphatic carbocycles. The number of nitrogens with zero attached hydrogens (tertiary/aromatic N) is 5. The van der Waals surface area contributed by atoms with Crippen molar-refractivity contribution in [2.45, 2.75) is 58.1 Å². The first-order valence-corrected chi connectivity index (χ1v) is 25.4. The summed E-state index contributed by atoms with van der Waals surface area (Å²) in [7, 11) is -2.36. The van der Waals surface area contributed by atoms with E-state index in [0.717, 1.165) is 29.0 Å². The molecule has 6 rings (SSSR count). The van der Waals surface area contributed by atoms with Gasteiger partial charge in [-0.2, -0.15) is 0 Å². The van der Waals surface area contributed by atoms with Crippen LogP contribution in [0.2, 0.25) is 51.4 Å². The summed E-state index contributed by atoms with van der Waals surface area (Å²) in [6.45, 7) is 15.4. The zero-order chi connectivity index (χ0) is 35.9. The molecule has 0 aliphatic rings. The molecule has 12 nitrogen and oxygen atoms in total. The highest BCUT2D eigenvalue weighted by atomic mass is 32.1. The van der Waals surface area contributed by atoms with Crippen molar-refractivity contribution in [2.75, 3.05) is 20.0 Å². The standard InChI is InChI=1S/C23H35N3O4SSi2.C11H7N3O2S/c1-32(2,3)9-7-28-16-26-14-24-22-19(23(26)27)11-18(20-13-31-15-25-20)12-21(22)30-17-29-8-10-33(4,5)6;15-9-2-6(8-3-17-5-14-8)1-7-10(9)12-4-13-11(7)16/h11-15H,7-10,16-17H2,1-6H3;1-5,15H,(H,12,13,16). The number of ether oxygens (including phenoxy) is 3. The molecular weight excluding hydrogens is 709 g/mol. The molecule has 16 heteroatoms. The summed E-state index contributed by atoms with van der Waals surface area (Å²) in [6, 6.07) is 9.06. The van der Waals surface area contributed by atoms with Crippen LogP contribution in [-0.2, 0) is 16.2 Å². The van der Waals surface area contributed by atoms with Crippen molar-refractivity contribution in [1.82, 2.24) is 29.5 Å². The third-order valence-corrected chi connectivity index (χ3v) is 12.2. The predicted molar refractivity (Wildman–Crippen MR) is 206 cm³/mol. The van der Waals surface area contributed by atoms with E-state index in [1.165, 1.54) is 39.9 Å². The fourth-order valence-electron chi connectivity index (χ4n) is 4.69. The molecule has 0 unspecified atom stereocenters. The molecule has 4 heterocycles. The lowest BCUT2D eigenvalue weighted by Gasteiger charge is -2.17. The third-order valence-electron chi connectivity index (χ3n) is 7.59. The van der Waals surface area contributed by atoms with Crippen LogP contribution in [0, 0.1) is 0 Å². The fourth-order valence-corrected chi connectivity index (χ4v) is 7.33. The van der Waals surface area contributed by atoms with Crippen molar-refractivity contribution in [3.63, 3.8) is 0 Å². The number of phenols is 1. The molecule has 264 valence electrons. The number of aromatic hydroxyl groups is 1. The first kappa shape index (κ1) is 37.2. The SMILES string of the molecule is C[Si](C)(C)CCOCOc1cc(-c2cscn2)cc2c(=O)n(COCC[Si](C)(C)C)cnc12.O=c1[nH]cnc2c(O)cc(-c3cscn3)cc12. The van der Waals surface area contributed by atoms with Crippen molar-refractivity contribution >= 4 is 60.6 Å². The Labute approximate surface area is 299 Å². The number of hydrogen-bond acceptors (Lipinski definition) is 12. The van der Waals surface area contributed by atoms with Crippen molar-refractivity contribution in [1.29, 1.82) is 0 Å². The highest BCUT2D eigenvalue weighted by Crippen LogP contribution is 2.31. The topological polar surface area (TPSA) is 154 Å². The number of benzene rings is 2. The highest BCUT2D eigenvalue weighted by Gasteiger charge is 2.16. The monoisotopic (exact) mass is 750 g/mol. The Morgan fingerprint density at radius 2 is 1.40 bits per heavy atom. The van der Waals surface area contributed by atoms with Crippen LogP contribution in [0.25, 0.3) is 44.3 Å². The van der Waals surface area contributed by atoms with Gasteiger partial charge in [0.15, 0.2) is 6.79 Å². The summed E-state index contributed by atoms with van der Waals surface area (Å²) in [5.41, 5.74) is 6.91. The Balaban J connectivity index is 0.000000237. The van der Waals surface area contributed by atoms with Crippen molar-refractivity contribution in [3.05, 3.63) is 79.4 Å². The summed E-state index contributed by atoms with van der Waals surface area (Å²) in [5, 5.41) is 14.5. The van der Waals surface area contributed by atoms with Gasteiger partial charge in [-0.15, -0.1) is 22.7 Å². The maximum absolute atomic E-state index is 13.2. The largest absolute Gasteiger partial charge is 0.506 e. The second kappa shape index (κ2) is 16.3. The van der Waals surface area contributed by atoms with Crippen LogP contribution in [0.3, 0.4) is 0 Å². The lowest BCUT2D eigenvalue weighted by atomic mass is 10.1. The van der Waals surface area contributed by atoms with E-state index in [-0.39, 0.29) is 30.4 Å². The maximum atomic E-state index is 13.2. The van der Waals surface area contributed by atoms with Gasteiger partial charge in [-0.25, -0.2) is 19.9 Å². The van der Waals surface area contributed by atoms with E-state index in [9.17, 15) is 14.7 Å². The Morgan fingerprint density at radius 3 is 2.02 bits per heavy atom. The van der Waals surface area contributed by atoms with E-state index < -0.39 is 16.1 Å². The van der Waals surface area contributed by atoms with Crippen LogP contribution in [0.1, 0.15) is 0 Å². The molecule has 0 aliphatic heterocycles. The van der Waals surface area contributed by atoms with Crippen LogP contribution in [-0.4, -0.2) is 70.7 Å². The first-order chi connectivity index (χ1) is 23.8. The average molecular weight is 751 g/mol. The van der Waals surface area contributed by atoms with Crippen LogP contribution in [0.4, 0.5) is 0 Å². The molecule has 0 bridgehead atoms. The van der Waals surface area contributed by atoms with Gasteiger partial charge in [0.2, 0.25) is 0 Å². The minimum atomic E-state index is -1.19. The van der Waals surface area contributed by atoms with Crippen molar-refractivity contribution in [3.8, 4) is 34.0 Å². The zero-order valence-corrected chi connectivity index (χ0v) is 32.7. The van der Waals surface area contributed by atoms with Gasteiger partial charge in [0.05, 0.1) is 39.5 Å². The summed E-state index contributed by atoms with van der Waals surface area (Å²) in [6.07, 6.45) is 2.80. The summed E-state index contributed by atoms with van der Waals surface area (Å²) < 4.78 is 18.9. The summed E-state index contributed by atoms with van der Waals surface area (Å²) in [4.78, 5) is 44.3. The Hall–Kier alpha value is -4.07. The lowest BCUT2D eigenvalue weighted by molar-refractivity contribution is 0.0228. The van der Waals surface area contributed by atoms with E-state index in [0.29, 0.717) is 46.3 Å². The van der Waals surface area contributed by atoms with Gasteiger partial charge in [0, 0.05) is 51.2 Å². The van der Waals surface area contributed by atoms with Gasteiger partial charge in [0.25, 0.3) is 11.1 Å². The number of nitrogens with one attached hydrogen (secondary N) is 1. The van der Waals surface area contributed by atoms with Crippen molar-refractivity contribution < 1.29 is 19.3 Å².